The van der Waals surface area contributed by atoms with E-state index in [4.69, 9.17) is 4.74 Å². The van der Waals surface area contributed by atoms with E-state index in [0.717, 1.165) is 19.3 Å². The largest absolute Gasteiger partial charge is 0.484 e. The SMILES string of the molecule is O=C(COc1ccccc1)NCC(=O)NC1CCCc2ccccc21. The van der Waals surface area contributed by atoms with Gasteiger partial charge in [0.05, 0.1) is 12.6 Å². The number of hydrogen-bond acceptors (Lipinski definition) is 3. The highest BCUT2D eigenvalue weighted by Crippen LogP contribution is 2.29. The summed E-state index contributed by atoms with van der Waals surface area (Å²) < 4.78 is 5.35. The van der Waals surface area contributed by atoms with E-state index in [9.17, 15) is 9.59 Å². The Bertz CT molecular complexity index is 731. The van der Waals surface area contributed by atoms with Gasteiger partial charge in [0.1, 0.15) is 5.75 Å². The standard InChI is InChI=1S/C20H22N2O3/c23-19(13-21-20(24)14-25-16-9-2-1-3-10-16)22-18-12-6-8-15-7-4-5-11-17(15)18/h1-5,7,9-11,18H,6,8,12-14H2,(H,21,24)(H,22,23). The van der Waals surface area contributed by atoms with Crippen LogP contribution in [-0.4, -0.2) is 25.0 Å². The number of fused-ring (bicyclic) bond motifs is 1. The molecular weight excluding hydrogens is 316 g/mol. The van der Waals surface area contributed by atoms with Crippen LogP contribution in [0.2, 0.25) is 0 Å². The number of carbonyl (C=O) groups excluding carboxylic acids is 2. The van der Waals surface area contributed by atoms with Crippen molar-refractivity contribution in [2.24, 2.45) is 0 Å². The van der Waals surface area contributed by atoms with Crippen molar-refractivity contribution in [2.45, 2.75) is 25.3 Å². The lowest BCUT2D eigenvalue weighted by atomic mass is 9.88. The molecule has 2 amide bonds. The van der Waals surface area contributed by atoms with E-state index in [1.54, 1.807) is 12.1 Å². The summed E-state index contributed by atoms with van der Waals surface area (Å²) in [5.41, 5.74) is 2.47. The van der Waals surface area contributed by atoms with E-state index < -0.39 is 0 Å². The van der Waals surface area contributed by atoms with Gasteiger partial charge in [-0.1, -0.05) is 42.5 Å². The van der Waals surface area contributed by atoms with Gasteiger partial charge in [-0.15, -0.1) is 0 Å². The van der Waals surface area contributed by atoms with Crippen LogP contribution >= 0.6 is 0 Å². The molecule has 3 rings (SSSR count). The maximum absolute atomic E-state index is 12.1. The topological polar surface area (TPSA) is 67.4 Å². The number of amides is 2. The maximum Gasteiger partial charge on any atom is 0.258 e. The van der Waals surface area contributed by atoms with Gasteiger partial charge in [-0.2, -0.15) is 0 Å². The third-order valence-electron chi connectivity index (χ3n) is 4.26. The minimum absolute atomic E-state index is 0.0231. The van der Waals surface area contributed by atoms with Crippen LogP contribution < -0.4 is 15.4 Å². The summed E-state index contributed by atoms with van der Waals surface area (Å²) in [6, 6.07) is 17.3. The molecule has 25 heavy (non-hydrogen) atoms. The summed E-state index contributed by atoms with van der Waals surface area (Å²) in [4.78, 5) is 23.9. The molecule has 1 aliphatic carbocycles. The van der Waals surface area contributed by atoms with Crippen LogP contribution in [0.15, 0.2) is 54.6 Å². The zero-order valence-corrected chi connectivity index (χ0v) is 14.0. The first-order valence-corrected chi connectivity index (χ1v) is 8.54. The van der Waals surface area contributed by atoms with Gasteiger partial charge in [0.2, 0.25) is 5.91 Å². The molecular formula is C20H22N2O3. The Morgan fingerprint density at radius 1 is 1.00 bits per heavy atom. The summed E-state index contributed by atoms with van der Waals surface area (Å²) in [7, 11) is 0. The summed E-state index contributed by atoms with van der Waals surface area (Å²) >= 11 is 0. The summed E-state index contributed by atoms with van der Waals surface area (Å²) in [6.45, 7) is -0.154. The number of benzene rings is 2. The smallest absolute Gasteiger partial charge is 0.258 e. The predicted octanol–water partition coefficient (Wildman–Crippen LogP) is 2.38. The van der Waals surface area contributed by atoms with Crippen LogP contribution in [0.1, 0.15) is 30.0 Å². The summed E-state index contributed by atoms with van der Waals surface area (Å²) in [5.74, 6) is 0.124. The fourth-order valence-electron chi connectivity index (χ4n) is 3.04. The van der Waals surface area contributed by atoms with Crippen molar-refractivity contribution in [3.05, 3.63) is 65.7 Å². The first kappa shape index (κ1) is 17.0. The minimum Gasteiger partial charge on any atom is -0.484 e. The fourth-order valence-corrected chi connectivity index (χ4v) is 3.04. The van der Waals surface area contributed by atoms with E-state index in [0.29, 0.717) is 5.75 Å². The average molecular weight is 338 g/mol. The molecule has 0 spiro atoms. The van der Waals surface area contributed by atoms with Gasteiger partial charge in [-0.05, 0) is 42.5 Å². The van der Waals surface area contributed by atoms with E-state index in [1.165, 1.54) is 11.1 Å². The molecule has 2 aromatic rings. The van der Waals surface area contributed by atoms with Crippen LogP contribution in [0.5, 0.6) is 5.75 Å². The molecule has 130 valence electrons. The highest BCUT2D eigenvalue weighted by atomic mass is 16.5. The quantitative estimate of drug-likeness (QED) is 0.850. The van der Waals surface area contributed by atoms with Crippen LogP contribution in [0, 0.1) is 0 Å². The highest BCUT2D eigenvalue weighted by Gasteiger charge is 2.21. The number of para-hydroxylation sites is 1. The van der Waals surface area contributed by atoms with Gasteiger partial charge < -0.3 is 15.4 Å². The number of nitrogens with one attached hydrogen (secondary N) is 2. The zero-order chi connectivity index (χ0) is 17.5. The van der Waals surface area contributed by atoms with Gasteiger partial charge in [-0.25, -0.2) is 0 Å². The molecule has 0 heterocycles. The Kier molecular flexibility index (Phi) is 5.67. The Balaban J connectivity index is 1.43. The van der Waals surface area contributed by atoms with Crippen molar-refractivity contribution in [3.8, 4) is 5.75 Å². The molecule has 5 nitrogen and oxygen atoms in total. The lowest BCUT2D eigenvalue weighted by molar-refractivity contribution is -0.127. The molecule has 5 heteroatoms. The number of carbonyl (C=O) groups is 2. The molecule has 1 unspecified atom stereocenters. The zero-order valence-electron chi connectivity index (χ0n) is 14.0. The minimum atomic E-state index is -0.317. The van der Waals surface area contributed by atoms with Gasteiger partial charge in [0, 0.05) is 0 Å². The first-order chi connectivity index (χ1) is 12.2. The molecule has 0 bridgehead atoms. The van der Waals surface area contributed by atoms with Gasteiger partial charge >= 0.3 is 0 Å². The van der Waals surface area contributed by atoms with Gasteiger partial charge in [0.25, 0.3) is 5.91 Å². The maximum atomic E-state index is 12.1. The van der Waals surface area contributed by atoms with Gasteiger partial charge in [-0.3, -0.25) is 9.59 Å². The predicted molar refractivity (Wildman–Crippen MR) is 95.2 cm³/mol. The third-order valence-corrected chi connectivity index (χ3v) is 4.26. The molecule has 1 atom stereocenters. The first-order valence-electron chi connectivity index (χ1n) is 8.54. The van der Waals surface area contributed by atoms with E-state index in [-0.39, 0.29) is 31.0 Å². The Morgan fingerprint density at radius 3 is 2.60 bits per heavy atom. The van der Waals surface area contributed by atoms with Crippen molar-refractivity contribution in [2.75, 3.05) is 13.2 Å². The molecule has 0 saturated carbocycles. The molecule has 2 aromatic carbocycles. The second kappa shape index (κ2) is 8.33. The molecule has 0 fully saturated rings. The lowest BCUT2D eigenvalue weighted by Crippen LogP contribution is -2.40. The molecule has 0 aromatic heterocycles. The Morgan fingerprint density at radius 2 is 1.76 bits per heavy atom. The normalized spacial score (nSPS) is 15.8. The number of hydrogen-bond donors (Lipinski definition) is 2. The summed E-state index contributed by atoms with van der Waals surface area (Å²) in [5, 5.41) is 5.60. The van der Waals surface area contributed by atoms with Crippen molar-refractivity contribution in [1.29, 1.82) is 0 Å². The van der Waals surface area contributed by atoms with Crippen molar-refractivity contribution >= 4 is 11.8 Å². The number of rotatable bonds is 6. The molecule has 2 N–H and O–H groups in total. The lowest BCUT2D eigenvalue weighted by Gasteiger charge is -2.26. The van der Waals surface area contributed by atoms with E-state index in [2.05, 4.69) is 22.8 Å². The van der Waals surface area contributed by atoms with Crippen molar-refractivity contribution in [1.82, 2.24) is 10.6 Å². The van der Waals surface area contributed by atoms with Crippen LogP contribution in [0.25, 0.3) is 0 Å². The van der Waals surface area contributed by atoms with E-state index in [1.807, 2.05) is 30.3 Å². The summed E-state index contributed by atoms with van der Waals surface area (Å²) in [6.07, 6.45) is 3.03. The third kappa shape index (κ3) is 4.83. The second-order valence-corrected chi connectivity index (χ2v) is 6.09. The monoisotopic (exact) mass is 338 g/mol. The molecule has 0 saturated heterocycles. The van der Waals surface area contributed by atoms with Crippen LogP contribution in [0.3, 0.4) is 0 Å². The van der Waals surface area contributed by atoms with Crippen molar-refractivity contribution in [3.63, 3.8) is 0 Å². The van der Waals surface area contributed by atoms with E-state index >= 15 is 0 Å². The fraction of sp³-hybridized carbons (Fsp3) is 0.300. The average Bonchev–Trinajstić information content (AvgIpc) is 2.66. The van der Waals surface area contributed by atoms with Crippen LogP contribution in [0.4, 0.5) is 0 Å². The van der Waals surface area contributed by atoms with Crippen LogP contribution in [-0.2, 0) is 16.0 Å². The second-order valence-electron chi connectivity index (χ2n) is 6.09. The van der Waals surface area contributed by atoms with Gasteiger partial charge in [0.15, 0.2) is 6.61 Å². The highest BCUT2D eigenvalue weighted by molar-refractivity contribution is 5.85. The molecule has 1 aliphatic rings. The molecule has 0 radical (unpaired) electrons. The Labute approximate surface area is 147 Å². The molecule has 0 aliphatic heterocycles. The number of aryl methyl sites for hydroxylation is 1. The Hall–Kier alpha value is -2.82. The number of ether oxygens (including phenoxy) is 1. The van der Waals surface area contributed by atoms with Crippen molar-refractivity contribution < 1.29 is 14.3 Å².